The standard InChI is InChI=1S/C14H22/c1-3-4-5-7-10-13(2)14-11-8-6-9-12-14/h6,8-9,11-13H,3-5,7,10H2,1-2H3/t13-/m0/s1. The molecule has 0 unspecified atom stereocenters. The molecule has 78 valence electrons. The topological polar surface area (TPSA) is 0 Å². The first-order chi connectivity index (χ1) is 6.84. The Morgan fingerprint density at radius 1 is 1.00 bits per heavy atom. The zero-order valence-corrected chi connectivity index (χ0v) is 9.50. The molecular weight excluding hydrogens is 168 g/mol. The molecule has 0 bridgehead atoms. The molecule has 1 atom stereocenters. The van der Waals surface area contributed by atoms with Crippen molar-refractivity contribution in [3.8, 4) is 0 Å². The fourth-order valence-corrected chi connectivity index (χ4v) is 1.83. The number of unbranched alkanes of at least 4 members (excludes halogenated alkanes) is 3. The van der Waals surface area contributed by atoms with E-state index in [0.29, 0.717) is 0 Å². The summed E-state index contributed by atoms with van der Waals surface area (Å²) in [6, 6.07) is 10.8. The van der Waals surface area contributed by atoms with Gasteiger partial charge in [-0.25, -0.2) is 0 Å². The molecule has 0 aliphatic rings. The number of hydrogen-bond donors (Lipinski definition) is 0. The first kappa shape index (κ1) is 11.3. The van der Waals surface area contributed by atoms with Gasteiger partial charge in [-0.3, -0.25) is 0 Å². The lowest BCUT2D eigenvalue weighted by Crippen LogP contribution is -1.92. The Bertz CT molecular complexity index is 225. The second-order valence-corrected chi connectivity index (χ2v) is 4.16. The lowest BCUT2D eigenvalue weighted by molar-refractivity contribution is 0.580. The highest BCUT2D eigenvalue weighted by molar-refractivity contribution is 5.18. The lowest BCUT2D eigenvalue weighted by atomic mass is 9.95. The van der Waals surface area contributed by atoms with Crippen molar-refractivity contribution in [2.75, 3.05) is 0 Å². The van der Waals surface area contributed by atoms with Crippen LogP contribution in [0.1, 0.15) is 57.4 Å². The normalized spacial score (nSPS) is 12.7. The third kappa shape index (κ3) is 3.95. The van der Waals surface area contributed by atoms with Crippen LogP contribution >= 0.6 is 0 Å². The predicted molar refractivity (Wildman–Crippen MR) is 63.6 cm³/mol. The quantitative estimate of drug-likeness (QED) is 0.567. The molecule has 1 rings (SSSR count). The monoisotopic (exact) mass is 190 g/mol. The number of benzene rings is 1. The molecule has 0 saturated heterocycles. The van der Waals surface area contributed by atoms with Crippen molar-refractivity contribution in [3.05, 3.63) is 35.9 Å². The highest BCUT2D eigenvalue weighted by Crippen LogP contribution is 2.21. The average molecular weight is 190 g/mol. The molecule has 0 radical (unpaired) electrons. The second kappa shape index (κ2) is 6.64. The van der Waals surface area contributed by atoms with E-state index in [1.54, 1.807) is 0 Å². The Hall–Kier alpha value is -0.780. The van der Waals surface area contributed by atoms with Crippen molar-refractivity contribution in [1.29, 1.82) is 0 Å². The van der Waals surface area contributed by atoms with Crippen LogP contribution in [0.15, 0.2) is 30.3 Å². The van der Waals surface area contributed by atoms with Gasteiger partial charge in [-0.1, -0.05) is 69.9 Å². The van der Waals surface area contributed by atoms with Crippen LogP contribution in [-0.2, 0) is 0 Å². The number of hydrogen-bond acceptors (Lipinski definition) is 0. The minimum absolute atomic E-state index is 0.730. The van der Waals surface area contributed by atoms with Gasteiger partial charge in [0.25, 0.3) is 0 Å². The van der Waals surface area contributed by atoms with E-state index in [-0.39, 0.29) is 0 Å². The van der Waals surface area contributed by atoms with E-state index in [1.807, 2.05) is 0 Å². The second-order valence-electron chi connectivity index (χ2n) is 4.16. The molecule has 1 aromatic carbocycles. The molecule has 14 heavy (non-hydrogen) atoms. The summed E-state index contributed by atoms with van der Waals surface area (Å²) in [5.41, 5.74) is 1.49. The summed E-state index contributed by atoms with van der Waals surface area (Å²) in [7, 11) is 0. The highest BCUT2D eigenvalue weighted by Gasteiger charge is 2.03. The van der Waals surface area contributed by atoms with Crippen LogP contribution in [0.3, 0.4) is 0 Å². The summed E-state index contributed by atoms with van der Waals surface area (Å²) in [6.45, 7) is 4.60. The van der Waals surface area contributed by atoms with E-state index < -0.39 is 0 Å². The molecule has 0 saturated carbocycles. The van der Waals surface area contributed by atoms with E-state index in [9.17, 15) is 0 Å². The van der Waals surface area contributed by atoms with Gasteiger partial charge in [0, 0.05) is 0 Å². The van der Waals surface area contributed by atoms with Gasteiger partial charge in [0.1, 0.15) is 0 Å². The van der Waals surface area contributed by atoms with Crippen LogP contribution in [0.5, 0.6) is 0 Å². The van der Waals surface area contributed by atoms with Crippen molar-refractivity contribution < 1.29 is 0 Å². The molecule has 0 spiro atoms. The summed E-state index contributed by atoms with van der Waals surface area (Å²) in [6.07, 6.45) is 6.84. The Kier molecular flexibility index (Phi) is 5.36. The van der Waals surface area contributed by atoms with Gasteiger partial charge in [0.15, 0.2) is 0 Å². The molecule has 0 heteroatoms. The fraction of sp³-hybridized carbons (Fsp3) is 0.571. The summed E-state index contributed by atoms with van der Waals surface area (Å²) < 4.78 is 0. The first-order valence-electron chi connectivity index (χ1n) is 5.89. The van der Waals surface area contributed by atoms with Gasteiger partial charge in [-0.15, -0.1) is 0 Å². The minimum atomic E-state index is 0.730. The summed E-state index contributed by atoms with van der Waals surface area (Å²) in [5.74, 6) is 0.730. The van der Waals surface area contributed by atoms with E-state index in [4.69, 9.17) is 0 Å². The van der Waals surface area contributed by atoms with Crippen LogP contribution in [0, 0.1) is 0 Å². The van der Waals surface area contributed by atoms with Gasteiger partial charge in [-0.2, -0.15) is 0 Å². The van der Waals surface area contributed by atoms with Gasteiger partial charge in [0.2, 0.25) is 0 Å². The lowest BCUT2D eigenvalue weighted by Gasteiger charge is -2.10. The van der Waals surface area contributed by atoms with Crippen LogP contribution in [0.4, 0.5) is 0 Å². The molecule has 0 fully saturated rings. The number of rotatable bonds is 6. The van der Waals surface area contributed by atoms with Gasteiger partial charge >= 0.3 is 0 Å². The van der Waals surface area contributed by atoms with E-state index in [0.717, 1.165) is 5.92 Å². The minimum Gasteiger partial charge on any atom is -0.0654 e. The molecule has 0 nitrogen and oxygen atoms in total. The van der Waals surface area contributed by atoms with E-state index in [2.05, 4.69) is 44.2 Å². The van der Waals surface area contributed by atoms with Crippen LogP contribution < -0.4 is 0 Å². The van der Waals surface area contributed by atoms with Gasteiger partial charge in [0.05, 0.1) is 0 Å². The van der Waals surface area contributed by atoms with Crippen molar-refractivity contribution in [3.63, 3.8) is 0 Å². The molecule has 0 aliphatic carbocycles. The van der Waals surface area contributed by atoms with E-state index in [1.165, 1.54) is 37.7 Å². The molecule has 1 aromatic rings. The highest BCUT2D eigenvalue weighted by atomic mass is 14.1. The van der Waals surface area contributed by atoms with Crippen LogP contribution in [0.2, 0.25) is 0 Å². The maximum Gasteiger partial charge on any atom is -0.0190 e. The molecule has 0 heterocycles. The van der Waals surface area contributed by atoms with Gasteiger partial charge in [-0.05, 0) is 17.9 Å². The van der Waals surface area contributed by atoms with Crippen molar-refractivity contribution in [2.24, 2.45) is 0 Å². The van der Waals surface area contributed by atoms with Crippen LogP contribution in [0.25, 0.3) is 0 Å². The largest absolute Gasteiger partial charge is 0.0654 e. The molecule has 0 N–H and O–H groups in total. The summed E-state index contributed by atoms with van der Waals surface area (Å²) in [4.78, 5) is 0. The van der Waals surface area contributed by atoms with Crippen LogP contribution in [-0.4, -0.2) is 0 Å². The summed E-state index contributed by atoms with van der Waals surface area (Å²) in [5, 5.41) is 0. The average Bonchev–Trinajstić information content (AvgIpc) is 2.25. The van der Waals surface area contributed by atoms with Crippen molar-refractivity contribution in [2.45, 2.75) is 51.9 Å². The predicted octanol–water partition coefficient (Wildman–Crippen LogP) is 4.76. The Morgan fingerprint density at radius 3 is 2.36 bits per heavy atom. The Labute approximate surface area is 88.4 Å². The maximum atomic E-state index is 2.33. The Balaban J connectivity index is 2.25. The molecule has 0 aliphatic heterocycles. The maximum absolute atomic E-state index is 2.33. The van der Waals surface area contributed by atoms with Crippen molar-refractivity contribution >= 4 is 0 Å². The fourth-order valence-electron chi connectivity index (χ4n) is 1.83. The third-order valence-corrected chi connectivity index (χ3v) is 2.86. The van der Waals surface area contributed by atoms with Crippen molar-refractivity contribution in [1.82, 2.24) is 0 Å². The zero-order valence-electron chi connectivity index (χ0n) is 9.50. The molecular formula is C14H22. The van der Waals surface area contributed by atoms with Gasteiger partial charge < -0.3 is 0 Å². The molecule has 0 aromatic heterocycles. The Morgan fingerprint density at radius 2 is 1.71 bits per heavy atom. The first-order valence-corrected chi connectivity index (χ1v) is 5.89. The van der Waals surface area contributed by atoms with E-state index >= 15 is 0 Å². The zero-order chi connectivity index (χ0) is 10.2. The smallest absolute Gasteiger partial charge is 0.0190 e. The SMILES string of the molecule is CCCCCC[C@H](C)c1ccccc1. The molecule has 0 amide bonds. The summed E-state index contributed by atoms with van der Waals surface area (Å²) >= 11 is 0. The third-order valence-electron chi connectivity index (χ3n) is 2.86.